The Morgan fingerprint density at radius 3 is 2.24 bits per heavy atom. The average Bonchev–Trinajstić information content (AvgIpc) is 3.07. The normalized spacial score (nSPS) is 12.5. The van der Waals surface area contributed by atoms with E-state index in [2.05, 4.69) is 52.9 Å². The maximum atomic E-state index is 12.5. The van der Waals surface area contributed by atoms with Gasteiger partial charge in [0.15, 0.2) is 0 Å². The first kappa shape index (κ1) is 22.8. The first-order valence-electron chi connectivity index (χ1n) is 10.5. The molecule has 0 fully saturated rings. The highest BCUT2D eigenvalue weighted by atomic mass is 16.6. The summed E-state index contributed by atoms with van der Waals surface area (Å²) in [6.45, 7) is 15.8. The van der Waals surface area contributed by atoms with Crippen LogP contribution in [0, 0.1) is 5.92 Å². The summed E-state index contributed by atoms with van der Waals surface area (Å²) < 4.78 is 13.2. The maximum absolute atomic E-state index is 12.5. The SMILES string of the molecule is CCOc1ccc(NC(=O)O[C@@H](Cn2nc(C(C)C)cc2C(C)C)C(C)C)cc1. The number of carbonyl (C=O) groups excluding carboxylic acids is 1. The number of rotatable bonds is 9. The zero-order valence-electron chi connectivity index (χ0n) is 18.7. The van der Waals surface area contributed by atoms with Crippen LogP contribution in [0.4, 0.5) is 10.5 Å². The van der Waals surface area contributed by atoms with E-state index in [1.165, 1.54) is 0 Å². The number of amides is 1. The lowest BCUT2D eigenvalue weighted by atomic mass is 10.1. The molecule has 0 aliphatic heterocycles. The van der Waals surface area contributed by atoms with E-state index < -0.39 is 6.09 Å². The van der Waals surface area contributed by atoms with Crippen molar-refractivity contribution in [2.45, 2.75) is 73.0 Å². The molecule has 1 atom stereocenters. The number of hydrogen-bond donors (Lipinski definition) is 1. The van der Waals surface area contributed by atoms with Gasteiger partial charge >= 0.3 is 6.09 Å². The molecular weight excluding hydrogens is 366 g/mol. The molecule has 6 nitrogen and oxygen atoms in total. The molecule has 6 heteroatoms. The van der Waals surface area contributed by atoms with Crippen LogP contribution in [0.2, 0.25) is 0 Å². The van der Waals surface area contributed by atoms with Gasteiger partial charge in [0, 0.05) is 11.4 Å². The van der Waals surface area contributed by atoms with Crippen LogP contribution in [-0.4, -0.2) is 28.6 Å². The molecule has 1 heterocycles. The summed E-state index contributed by atoms with van der Waals surface area (Å²) >= 11 is 0. The molecule has 0 saturated carbocycles. The molecule has 0 aliphatic carbocycles. The van der Waals surface area contributed by atoms with Crippen molar-refractivity contribution >= 4 is 11.8 Å². The van der Waals surface area contributed by atoms with Crippen LogP contribution in [0.5, 0.6) is 5.75 Å². The third-order valence-corrected chi connectivity index (χ3v) is 4.78. The van der Waals surface area contributed by atoms with Gasteiger partial charge in [0.25, 0.3) is 0 Å². The van der Waals surface area contributed by atoms with E-state index in [1.807, 2.05) is 23.7 Å². The van der Waals surface area contributed by atoms with Gasteiger partial charge in [-0.1, -0.05) is 41.5 Å². The van der Waals surface area contributed by atoms with E-state index in [-0.39, 0.29) is 12.0 Å². The molecule has 1 amide bonds. The highest BCUT2D eigenvalue weighted by molar-refractivity contribution is 5.84. The third kappa shape index (κ3) is 6.51. The largest absolute Gasteiger partial charge is 0.494 e. The minimum Gasteiger partial charge on any atom is -0.494 e. The molecule has 0 spiro atoms. The first-order chi connectivity index (χ1) is 13.7. The Morgan fingerprint density at radius 2 is 1.72 bits per heavy atom. The predicted octanol–water partition coefficient (Wildman–Crippen LogP) is 5.80. The summed E-state index contributed by atoms with van der Waals surface area (Å²) in [5.41, 5.74) is 2.90. The van der Waals surface area contributed by atoms with Gasteiger partial charge in [-0.3, -0.25) is 10.00 Å². The van der Waals surface area contributed by atoms with Crippen LogP contribution in [0.3, 0.4) is 0 Å². The zero-order chi connectivity index (χ0) is 21.6. The van der Waals surface area contributed by atoms with Crippen LogP contribution < -0.4 is 10.1 Å². The van der Waals surface area contributed by atoms with E-state index in [9.17, 15) is 4.79 Å². The molecule has 0 aliphatic rings. The van der Waals surface area contributed by atoms with Crippen molar-refractivity contribution in [3.05, 3.63) is 41.7 Å². The molecule has 0 unspecified atom stereocenters. The molecule has 2 rings (SSSR count). The number of carbonyl (C=O) groups is 1. The molecule has 0 saturated heterocycles. The van der Waals surface area contributed by atoms with Gasteiger partial charge in [-0.25, -0.2) is 4.79 Å². The molecule has 29 heavy (non-hydrogen) atoms. The van der Waals surface area contributed by atoms with Crippen molar-refractivity contribution in [3.63, 3.8) is 0 Å². The predicted molar refractivity (Wildman–Crippen MR) is 117 cm³/mol. The Kier molecular flexibility index (Phi) is 8.11. The van der Waals surface area contributed by atoms with Gasteiger partial charge in [-0.05, 0) is 55.0 Å². The Morgan fingerprint density at radius 1 is 1.07 bits per heavy atom. The fourth-order valence-electron chi connectivity index (χ4n) is 2.99. The second-order valence-corrected chi connectivity index (χ2v) is 8.26. The van der Waals surface area contributed by atoms with Gasteiger partial charge in [-0.2, -0.15) is 5.10 Å². The van der Waals surface area contributed by atoms with Crippen LogP contribution in [0.15, 0.2) is 30.3 Å². The van der Waals surface area contributed by atoms with E-state index in [0.29, 0.717) is 30.7 Å². The van der Waals surface area contributed by atoms with Gasteiger partial charge in [0.05, 0.1) is 18.8 Å². The topological polar surface area (TPSA) is 65.4 Å². The van der Waals surface area contributed by atoms with E-state index in [1.54, 1.807) is 12.1 Å². The lowest BCUT2D eigenvalue weighted by Crippen LogP contribution is -2.31. The molecule has 0 bridgehead atoms. The molecule has 1 aromatic carbocycles. The fourth-order valence-corrected chi connectivity index (χ4v) is 2.99. The van der Waals surface area contributed by atoms with Crippen LogP contribution in [-0.2, 0) is 11.3 Å². The van der Waals surface area contributed by atoms with Crippen LogP contribution >= 0.6 is 0 Å². The highest BCUT2D eigenvalue weighted by Gasteiger charge is 2.23. The summed E-state index contributed by atoms with van der Waals surface area (Å²) in [6.07, 6.45) is -0.745. The van der Waals surface area contributed by atoms with E-state index >= 15 is 0 Å². The zero-order valence-corrected chi connectivity index (χ0v) is 18.7. The number of anilines is 1. The van der Waals surface area contributed by atoms with Crippen molar-refractivity contribution in [2.24, 2.45) is 5.92 Å². The number of hydrogen-bond acceptors (Lipinski definition) is 4. The summed E-state index contributed by atoms with van der Waals surface area (Å²) in [6, 6.07) is 9.41. The number of nitrogens with one attached hydrogen (secondary N) is 1. The molecular formula is C23H35N3O3. The van der Waals surface area contributed by atoms with Crippen molar-refractivity contribution in [3.8, 4) is 5.75 Å². The second-order valence-electron chi connectivity index (χ2n) is 8.26. The van der Waals surface area contributed by atoms with Gasteiger partial charge in [0.2, 0.25) is 0 Å². The van der Waals surface area contributed by atoms with Crippen molar-refractivity contribution in [2.75, 3.05) is 11.9 Å². The van der Waals surface area contributed by atoms with Crippen LogP contribution in [0.25, 0.3) is 0 Å². The Balaban J connectivity index is 2.07. The monoisotopic (exact) mass is 401 g/mol. The lowest BCUT2D eigenvalue weighted by molar-refractivity contribution is 0.0672. The smallest absolute Gasteiger partial charge is 0.411 e. The summed E-state index contributed by atoms with van der Waals surface area (Å²) in [5, 5.41) is 7.56. The van der Waals surface area contributed by atoms with Crippen molar-refractivity contribution < 1.29 is 14.3 Å². The quantitative estimate of drug-likeness (QED) is 0.576. The number of benzene rings is 1. The van der Waals surface area contributed by atoms with Crippen molar-refractivity contribution in [1.29, 1.82) is 0 Å². The van der Waals surface area contributed by atoms with Gasteiger partial charge in [0.1, 0.15) is 11.9 Å². The number of ether oxygens (including phenoxy) is 2. The minimum atomic E-state index is -0.463. The van der Waals surface area contributed by atoms with Gasteiger partial charge < -0.3 is 9.47 Å². The van der Waals surface area contributed by atoms with Gasteiger partial charge in [-0.15, -0.1) is 0 Å². The highest BCUT2D eigenvalue weighted by Crippen LogP contribution is 2.23. The molecule has 0 radical (unpaired) electrons. The second kappa shape index (κ2) is 10.3. The minimum absolute atomic E-state index is 0.160. The summed E-state index contributed by atoms with van der Waals surface area (Å²) in [7, 11) is 0. The third-order valence-electron chi connectivity index (χ3n) is 4.78. The summed E-state index contributed by atoms with van der Waals surface area (Å²) in [5.74, 6) is 1.63. The van der Waals surface area contributed by atoms with Crippen LogP contribution in [0.1, 0.15) is 71.7 Å². The summed E-state index contributed by atoms with van der Waals surface area (Å²) in [4.78, 5) is 12.5. The van der Waals surface area contributed by atoms with Crippen molar-refractivity contribution in [1.82, 2.24) is 9.78 Å². The molecule has 160 valence electrons. The average molecular weight is 402 g/mol. The molecule has 2 aromatic rings. The Labute approximate surface area is 174 Å². The number of nitrogens with zero attached hydrogens (tertiary/aromatic N) is 2. The molecule has 1 N–H and O–H groups in total. The number of aromatic nitrogens is 2. The molecule has 1 aromatic heterocycles. The van der Waals surface area contributed by atoms with E-state index in [4.69, 9.17) is 14.6 Å². The van der Waals surface area contributed by atoms with E-state index in [0.717, 1.165) is 17.1 Å². The fraction of sp³-hybridized carbons (Fsp3) is 0.565. The maximum Gasteiger partial charge on any atom is 0.411 e. The Bertz CT molecular complexity index is 779. The first-order valence-corrected chi connectivity index (χ1v) is 10.5. The Hall–Kier alpha value is -2.50. The lowest BCUT2D eigenvalue weighted by Gasteiger charge is -2.23. The standard InChI is InChI=1S/C23H35N3O3/c1-8-28-19-11-9-18(10-12-19)24-23(27)29-22(17(6)7)14-26-21(16(4)5)13-20(25-26)15(2)3/h9-13,15-17,22H,8,14H2,1-7H3,(H,24,27)/t22-/m0/s1.